The molecule has 18 heavy (non-hydrogen) atoms. The molecule has 1 rings (SSSR count). The average Bonchev–Trinajstić information content (AvgIpc) is 2.29. The monoisotopic (exact) mass is 272 g/mol. The van der Waals surface area contributed by atoms with Crippen LogP contribution < -0.4 is 5.32 Å². The molecule has 0 aromatic carbocycles. The number of hydrogen-bond donors (Lipinski definition) is 1. The van der Waals surface area contributed by atoms with Gasteiger partial charge in [-0.15, -0.1) is 0 Å². The van der Waals surface area contributed by atoms with Gasteiger partial charge in [0.25, 0.3) is 0 Å². The summed E-state index contributed by atoms with van der Waals surface area (Å²) in [7, 11) is -0.0847. The third-order valence-electron chi connectivity index (χ3n) is 2.70. The minimum absolute atomic E-state index is 0.0175. The minimum Gasteiger partial charge on any atom is -0.308 e. The van der Waals surface area contributed by atoms with Gasteiger partial charge in [-0.2, -0.15) is 0 Å². The fourth-order valence-corrected chi connectivity index (χ4v) is 2.27. The van der Waals surface area contributed by atoms with Gasteiger partial charge in [0.2, 0.25) is 10.0 Å². The Bertz CT molecular complexity index is 488. The van der Waals surface area contributed by atoms with Crippen molar-refractivity contribution in [1.82, 2.24) is 19.6 Å². The van der Waals surface area contributed by atoms with Crippen molar-refractivity contribution < 1.29 is 8.42 Å². The molecule has 1 N–H and O–H groups in total. The summed E-state index contributed by atoms with van der Waals surface area (Å²) < 4.78 is 24.4. The van der Waals surface area contributed by atoms with Gasteiger partial charge in [-0.05, 0) is 13.8 Å². The number of sulfonamides is 1. The Morgan fingerprint density at radius 1 is 1.33 bits per heavy atom. The lowest BCUT2D eigenvalue weighted by atomic mass is 10.2. The fraction of sp³-hybridized carbons (Fsp3) is 0.636. The van der Waals surface area contributed by atoms with Crippen molar-refractivity contribution in [3.8, 4) is 0 Å². The summed E-state index contributed by atoms with van der Waals surface area (Å²) >= 11 is 0. The topological polar surface area (TPSA) is 75.2 Å². The van der Waals surface area contributed by atoms with E-state index >= 15 is 0 Å². The van der Waals surface area contributed by atoms with Crippen LogP contribution in [0.3, 0.4) is 0 Å². The molecule has 0 amide bonds. The summed E-state index contributed by atoms with van der Waals surface area (Å²) in [6.07, 6.45) is 3.28. The standard InChI is InChI=1S/C11H20N4O2S/c1-9-11(14-6-5-12-9)10(2)13-7-8-18(16,17)15(3)4/h5-6,10,13H,7-8H2,1-4H3. The summed E-state index contributed by atoms with van der Waals surface area (Å²) in [4.78, 5) is 8.40. The van der Waals surface area contributed by atoms with Crippen LogP contribution in [-0.4, -0.2) is 49.1 Å². The quantitative estimate of drug-likeness (QED) is 0.807. The number of hydrogen-bond acceptors (Lipinski definition) is 5. The van der Waals surface area contributed by atoms with Crippen molar-refractivity contribution in [3.05, 3.63) is 23.8 Å². The first kappa shape index (κ1) is 15.0. The lowest BCUT2D eigenvalue weighted by molar-refractivity contribution is 0.510. The molecule has 1 heterocycles. The van der Waals surface area contributed by atoms with Crippen molar-refractivity contribution in [2.45, 2.75) is 19.9 Å². The van der Waals surface area contributed by atoms with Crippen molar-refractivity contribution >= 4 is 10.0 Å². The fourth-order valence-electron chi connectivity index (χ4n) is 1.53. The summed E-state index contributed by atoms with van der Waals surface area (Å²) in [6, 6.07) is -0.0175. The summed E-state index contributed by atoms with van der Waals surface area (Å²) in [6.45, 7) is 4.22. The van der Waals surface area contributed by atoms with Crippen LogP contribution >= 0.6 is 0 Å². The van der Waals surface area contributed by atoms with E-state index in [0.717, 1.165) is 11.4 Å². The van der Waals surface area contributed by atoms with Crippen LogP contribution in [0.15, 0.2) is 12.4 Å². The Balaban J connectivity index is 2.53. The van der Waals surface area contributed by atoms with E-state index in [9.17, 15) is 8.42 Å². The maximum absolute atomic E-state index is 11.6. The van der Waals surface area contributed by atoms with Gasteiger partial charge in [-0.3, -0.25) is 9.97 Å². The highest BCUT2D eigenvalue weighted by atomic mass is 32.2. The van der Waals surface area contributed by atoms with Crippen molar-refractivity contribution in [2.75, 3.05) is 26.4 Å². The maximum Gasteiger partial charge on any atom is 0.214 e. The minimum atomic E-state index is -3.15. The SMILES string of the molecule is Cc1nccnc1C(C)NCCS(=O)(=O)N(C)C. The van der Waals surface area contributed by atoms with Gasteiger partial charge in [0.05, 0.1) is 17.1 Å². The largest absolute Gasteiger partial charge is 0.308 e. The van der Waals surface area contributed by atoms with Crippen molar-refractivity contribution in [3.63, 3.8) is 0 Å². The molecule has 6 nitrogen and oxygen atoms in total. The normalized spacial score (nSPS) is 13.8. The first-order valence-electron chi connectivity index (χ1n) is 5.75. The zero-order valence-electron chi connectivity index (χ0n) is 11.2. The molecule has 0 bridgehead atoms. The highest BCUT2D eigenvalue weighted by Crippen LogP contribution is 2.11. The average molecular weight is 272 g/mol. The molecule has 1 aromatic rings. The highest BCUT2D eigenvalue weighted by Gasteiger charge is 2.15. The molecular formula is C11H20N4O2S. The molecular weight excluding hydrogens is 252 g/mol. The molecule has 1 aromatic heterocycles. The summed E-state index contributed by atoms with van der Waals surface area (Å²) in [5.41, 5.74) is 1.70. The van der Waals surface area contributed by atoms with Gasteiger partial charge in [-0.25, -0.2) is 12.7 Å². The molecule has 0 aliphatic heterocycles. The summed E-state index contributed by atoms with van der Waals surface area (Å²) in [5.74, 6) is 0.0731. The van der Waals surface area contributed by atoms with E-state index in [1.54, 1.807) is 12.4 Å². The van der Waals surface area contributed by atoms with E-state index < -0.39 is 10.0 Å². The van der Waals surface area contributed by atoms with Gasteiger partial charge in [-0.1, -0.05) is 0 Å². The van der Waals surface area contributed by atoms with Crippen LogP contribution in [-0.2, 0) is 10.0 Å². The lowest BCUT2D eigenvalue weighted by Gasteiger charge is -2.16. The highest BCUT2D eigenvalue weighted by molar-refractivity contribution is 7.89. The van der Waals surface area contributed by atoms with Crippen LogP contribution in [0.5, 0.6) is 0 Å². The Morgan fingerprint density at radius 2 is 1.94 bits per heavy atom. The predicted octanol–water partition coefficient (Wildman–Crippen LogP) is 0.327. The first-order chi connectivity index (χ1) is 8.34. The van der Waals surface area contributed by atoms with Crippen LogP contribution in [0.2, 0.25) is 0 Å². The molecule has 0 radical (unpaired) electrons. The molecule has 7 heteroatoms. The second-order valence-electron chi connectivity index (χ2n) is 4.30. The lowest BCUT2D eigenvalue weighted by Crippen LogP contribution is -2.32. The first-order valence-corrected chi connectivity index (χ1v) is 7.36. The number of nitrogens with one attached hydrogen (secondary N) is 1. The third-order valence-corrected chi connectivity index (χ3v) is 4.53. The molecule has 102 valence electrons. The molecule has 1 unspecified atom stereocenters. The molecule has 1 atom stereocenters. The Labute approximate surface area is 108 Å². The van der Waals surface area contributed by atoms with Crippen LogP contribution in [0.4, 0.5) is 0 Å². The third kappa shape index (κ3) is 4.01. The van der Waals surface area contributed by atoms with E-state index in [0.29, 0.717) is 6.54 Å². The van der Waals surface area contributed by atoms with Crippen LogP contribution in [0, 0.1) is 6.92 Å². The zero-order chi connectivity index (χ0) is 13.8. The number of aromatic nitrogens is 2. The van der Waals surface area contributed by atoms with Gasteiger partial charge in [0.1, 0.15) is 0 Å². The molecule has 0 saturated heterocycles. The van der Waals surface area contributed by atoms with Crippen molar-refractivity contribution in [1.29, 1.82) is 0 Å². The number of nitrogens with zero attached hydrogens (tertiary/aromatic N) is 3. The molecule has 0 fully saturated rings. The Kier molecular flexibility index (Phi) is 5.18. The van der Waals surface area contributed by atoms with Crippen LogP contribution in [0.25, 0.3) is 0 Å². The number of aryl methyl sites for hydroxylation is 1. The van der Waals surface area contributed by atoms with Crippen LogP contribution in [0.1, 0.15) is 24.4 Å². The van der Waals surface area contributed by atoms with E-state index in [2.05, 4.69) is 15.3 Å². The maximum atomic E-state index is 11.6. The summed E-state index contributed by atoms with van der Waals surface area (Å²) in [5, 5.41) is 3.14. The van der Waals surface area contributed by atoms with E-state index in [4.69, 9.17) is 0 Å². The number of rotatable bonds is 6. The molecule has 0 spiro atoms. The molecule has 0 saturated carbocycles. The van der Waals surface area contributed by atoms with Gasteiger partial charge >= 0.3 is 0 Å². The Hall–Kier alpha value is -1.05. The second kappa shape index (κ2) is 6.21. The van der Waals surface area contributed by atoms with Gasteiger partial charge in [0, 0.05) is 39.1 Å². The van der Waals surface area contributed by atoms with Crippen molar-refractivity contribution in [2.24, 2.45) is 0 Å². The predicted molar refractivity (Wildman–Crippen MR) is 70.7 cm³/mol. The molecule has 0 aliphatic carbocycles. The van der Waals surface area contributed by atoms with E-state index in [1.807, 2.05) is 13.8 Å². The molecule has 0 aliphatic rings. The van der Waals surface area contributed by atoms with E-state index in [1.165, 1.54) is 18.4 Å². The van der Waals surface area contributed by atoms with Gasteiger partial charge < -0.3 is 5.32 Å². The smallest absolute Gasteiger partial charge is 0.214 e. The zero-order valence-corrected chi connectivity index (χ0v) is 12.0. The Morgan fingerprint density at radius 3 is 2.50 bits per heavy atom. The van der Waals surface area contributed by atoms with Gasteiger partial charge in [0.15, 0.2) is 0 Å². The second-order valence-corrected chi connectivity index (χ2v) is 6.60. The van der Waals surface area contributed by atoms with E-state index in [-0.39, 0.29) is 11.8 Å².